The van der Waals surface area contributed by atoms with Crippen LogP contribution >= 0.6 is 0 Å². The predicted molar refractivity (Wildman–Crippen MR) is 112 cm³/mol. The van der Waals surface area contributed by atoms with Crippen LogP contribution in [-0.4, -0.2) is 52.4 Å². The number of amides is 1. The molecule has 0 radical (unpaired) electrons. The van der Waals surface area contributed by atoms with E-state index in [2.05, 4.69) is 50.5 Å². The van der Waals surface area contributed by atoms with Crippen molar-refractivity contribution in [2.45, 2.75) is 26.4 Å². The van der Waals surface area contributed by atoms with Gasteiger partial charge in [-0.05, 0) is 49.7 Å². The van der Waals surface area contributed by atoms with Gasteiger partial charge in [0.25, 0.3) is 5.91 Å². The van der Waals surface area contributed by atoms with E-state index in [9.17, 15) is 4.79 Å². The Morgan fingerprint density at radius 2 is 1.89 bits per heavy atom. The van der Waals surface area contributed by atoms with Gasteiger partial charge in [0.05, 0.1) is 5.56 Å². The van der Waals surface area contributed by atoms with Crippen LogP contribution in [0.15, 0.2) is 55.0 Å². The average Bonchev–Trinajstić information content (AvgIpc) is 3.16. The second-order valence-corrected chi connectivity index (χ2v) is 7.56. The molecule has 1 aliphatic heterocycles. The third kappa shape index (κ3) is 3.87. The van der Waals surface area contributed by atoms with Gasteiger partial charge < -0.3 is 14.6 Å². The van der Waals surface area contributed by atoms with Crippen molar-refractivity contribution in [3.8, 4) is 0 Å². The molecule has 146 valence electrons. The minimum atomic E-state index is -0.0740. The lowest BCUT2D eigenvalue weighted by atomic mass is 10.2. The van der Waals surface area contributed by atoms with E-state index in [-0.39, 0.29) is 5.91 Å². The fourth-order valence-corrected chi connectivity index (χ4v) is 3.73. The van der Waals surface area contributed by atoms with Crippen LogP contribution in [0, 0.1) is 0 Å². The van der Waals surface area contributed by atoms with E-state index in [1.165, 1.54) is 0 Å². The van der Waals surface area contributed by atoms with Crippen LogP contribution < -0.4 is 10.2 Å². The van der Waals surface area contributed by atoms with Crippen LogP contribution in [0.25, 0.3) is 5.52 Å². The summed E-state index contributed by atoms with van der Waals surface area (Å²) in [6, 6.07) is 12.6. The molecule has 1 N–H and O–H groups in total. The van der Waals surface area contributed by atoms with Crippen LogP contribution in [0.2, 0.25) is 0 Å². The first-order chi connectivity index (χ1) is 13.6. The molecule has 0 aliphatic carbocycles. The Morgan fingerprint density at radius 1 is 1.11 bits per heavy atom. The number of pyridine rings is 2. The average molecular weight is 377 g/mol. The summed E-state index contributed by atoms with van der Waals surface area (Å²) in [5.74, 6) is 1.08. The molecule has 0 aromatic carbocycles. The number of nitrogens with one attached hydrogen (secondary N) is 1. The van der Waals surface area contributed by atoms with Crippen LogP contribution in [-0.2, 0) is 6.54 Å². The third-order valence-electron chi connectivity index (χ3n) is 5.44. The number of hydrogen-bond acceptors (Lipinski definition) is 4. The zero-order valence-corrected chi connectivity index (χ0v) is 16.5. The molecule has 3 aromatic heterocycles. The summed E-state index contributed by atoms with van der Waals surface area (Å²) >= 11 is 0. The van der Waals surface area contributed by atoms with Gasteiger partial charge in [-0.15, -0.1) is 0 Å². The number of carbonyl (C=O) groups excluding carboxylic acids is 1. The Hall–Kier alpha value is -2.86. The maximum absolute atomic E-state index is 12.6. The van der Waals surface area contributed by atoms with Crippen molar-refractivity contribution in [2.75, 3.05) is 31.1 Å². The summed E-state index contributed by atoms with van der Waals surface area (Å²) < 4.78 is 2.13. The van der Waals surface area contributed by atoms with Gasteiger partial charge in [-0.2, -0.15) is 0 Å². The summed E-state index contributed by atoms with van der Waals surface area (Å²) in [6.07, 6.45) is 5.44. The molecule has 28 heavy (non-hydrogen) atoms. The van der Waals surface area contributed by atoms with E-state index in [0.29, 0.717) is 18.2 Å². The molecule has 0 bridgehead atoms. The summed E-state index contributed by atoms with van der Waals surface area (Å²) in [6.45, 7) is 9.10. The zero-order valence-electron chi connectivity index (χ0n) is 16.5. The van der Waals surface area contributed by atoms with Gasteiger partial charge in [0.15, 0.2) is 0 Å². The van der Waals surface area contributed by atoms with Crippen molar-refractivity contribution in [3.63, 3.8) is 0 Å². The highest BCUT2D eigenvalue weighted by Crippen LogP contribution is 2.22. The quantitative estimate of drug-likeness (QED) is 0.743. The molecule has 4 heterocycles. The Bertz CT molecular complexity index is 942. The van der Waals surface area contributed by atoms with Crippen molar-refractivity contribution in [3.05, 3.63) is 66.1 Å². The lowest BCUT2D eigenvalue weighted by Gasteiger charge is -2.37. The van der Waals surface area contributed by atoms with Gasteiger partial charge >= 0.3 is 0 Å². The van der Waals surface area contributed by atoms with E-state index in [1.54, 1.807) is 12.4 Å². The minimum absolute atomic E-state index is 0.0740. The molecule has 1 saturated heterocycles. The number of aromatic nitrogens is 2. The molecular weight excluding hydrogens is 350 g/mol. The second-order valence-electron chi connectivity index (χ2n) is 7.56. The minimum Gasteiger partial charge on any atom is -0.355 e. The van der Waals surface area contributed by atoms with Crippen LogP contribution in [0.4, 0.5) is 5.82 Å². The van der Waals surface area contributed by atoms with Crippen molar-refractivity contribution in [1.29, 1.82) is 0 Å². The second kappa shape index (κ2) is 8.02. The fraction of sp³-hybridized carbons (Fsp3) is 0.364. The zero-order chi connectivity index (χ0) is 19.5. The lowest BCUT2D eigenvalue weighted by molar-refractivity contribution is 0.0950. The smallest absolute Gasteiger partial charge is 0.253 e. The van der Waals surface area contributed by atoms with Gasteiger partial charge in [-0.1, -0.05) is 6.07 Å². The Morgan fingerprint density at radius 3 is 2.61 bits per heavy atom. The highest BCUT2D eigenvalue weighted by Gasteiger charge is 2.21. The number of piperazine rings is 1. The number of fused-ring (bicyclic) bond motifs is 1. The Balaban J connectivity index is 1.49. The molecule has 4 rings (SSSR count). The van der Waals surface area contributed by atoms with Gasteiger partial charge in [0.2, 0.25) is 0 Å². The molecule has 6 heteroatoms. The van der Waals surface area contributed by atoms with E-state index < -0.39 is 0 Å². The molecule has 1 amide bonds. The summed E-state index contributed by atoms with van der Waals surface area (Å²) in [7, 11) is 0. The van der Waals surface area contributed by atoms with Crippen molar-refractivity contribution in [1.82, 2.24) is 19.6 Å². The fourth-order valence-electron chi connectivity index (χ4n) is 3.73. The normalized spacial score (nSPS) is 15.3. The summed E-state index contributed by atoms with van der Waals surface area (Å²) in [5.41, 5.74) is 2.75. The maximum Gasteiger partial charge on any atom is 0.253 e. The van der Waals surface area contributed by atoms with E-state index in [1.807, 2.05) is 30.5 Å². The Labute approximate surface area is 165 Å². The first-order valence-corrected chi connectivity index (χ1v) is 9.89. The standard InChI is InChI=1S/C22H27N5O/c1-17(2)25-10-12-26(13-11-25)21-8-7-20-6-5-19(16-27(20)21)22(28)24-15-18-4-3-9-23-14-18/h3-9,14,16-17H,10-13,15H2,1-2H3,(H,24,28). The van der Waals surface area contributed by atoms with E-state index in [4.69, 9.17) is 0 Å². The topological polar surface area (TPSA) is 52.9 Å². The molecule has 0 spiro atoms. The van der Waals surface area contributed by atoms with Crippen LogP contribution in [0.3, 0.4) is 0 Å². The van der Waals surface area contributed by atoms with Crippen LogP contribution in [0.1, 0.15) is 29.8 Å². The van der Waals surface area contributed by atoms with Gasteiger partial charge in [0, 0.05) is 62.9 Å². The number of nitrogens with zero attached hydrogens (tertiary/aromatic N) is 4. The third-order valence-corrected chi connectivity index (χ3v) is 5.44. The molecule has 1 fully saturated rings. The van der Waals surface area contributed by atoms with E-state index >= 15 is 0 Å². The Kier molecular flexibility index (Phi) is 5.30. The van der Waals surface area contributed by atoms with Gasteiger partial charge in [-0.25, -0.2) is 0 Å². The molecule has 0 saturated carbocycles. The lowest BCUT2D eigenvalue weighted by Crippen LogP contribution is -2.49. The number of rotatable bonds is 5. The highest BCUT2D eigenvalue weighted by atomic mass is 16.1. The molecule has 3 aromatic rings. The number of anilines is 1. The SMILES string of the molecule is CC(C)N1CCN(c2ccc3ccc(C(=O)NCc4cccnc4)cn23)CC1. The van der Waals surface area contributed by atoms with Gasteiger partial charge in [-0.3, -0.25) is 14.7 Å². The number of carbonyl (C=O) groups is 1. The van der Waals surface area contributed by atoms with Gasteiger partial charge in [0.1, 0.15) is 5.82 Å². The van der Waals surface area contributed by atoms with Crippen molar-refractivity contribution in [2.24, 2.45) is 0 Å². The van der Waals surface area contributed by atoms with Crippen molar-refractivity contribution < 1.29 is 4.79 Å². The maximum atomic E-state index is 12.6. The summed E-state index contributed by atoms with van der Waals surface area (Å²) in [5, 5.41) is 2.98. The molecule has 0 atom stereocenters. The number of hydrogen-bond donors (Lipinski definition) is 1. The van der Waals surface area contributed by atoms with E-state index in [0.717, 1.165) is 43.1 Å². The van der Waals surface area contributed by atoms with Crippen LogP contribution in [0.5, 0.6) is 0 Å². The van der Waals surface area contributed by atoms with Crippen molar-refractivity contribution >= 4 is 17.2 Å². The molecule has 0 unspecified atom stereocenters. The highest BCUT2D eigenvalue weighted by molar-refractivity contribution is 5.94. The monoisotopic (exact) mass is 377 g/mol. The first-order valence-electron chi connectivity index (χ1n) is 9.89. The molecular formula is C22H27N5O. The first kappa shape index (κ1) is 18.5. The molecule has 1 aliphatic rings. The predicted octanol–water partition coefficient (Wildman–Crippen LogP) is 2.79. The largest absolute Gasteiger partial charge is 0.355 e. The molecule has 6 nitrogen and oxygen atoms in total. The summed E-state index contributed by atoms with van der Waals surface area (Å²) in [4.78, 5) is 21.6.